The molecule has 1 unspecified atom stereocenters. The molecular weight excluding hydrogens is 717 g/mol. The minimum Gasteiger partial charge on any atom is -0.461 e. The lowest BCUT2D eigenvalue weighted by atomic mass is 10.1. The molecule has 0 aliphatic heterocycles. The van der Waals surface area contributed by atoms with Gasteiger partial charge in [0.1, 0.15) is 6.61 Å². The molecule has 0 aromatic carbocycles. The van der Waals surface area contributed by atoms with Gasteiger partial charge >= 0.3 is 11.9 Å². The van der Waals surface area contributed by atoms with Crippen LogP contribution in [0.5, 0.6) is 0 Å². The molecule has 0 radical (unpaired) electrons. The lowest BCUT2D eigenvalue weighted by Crippen LogP contribution is -2.30. The Labute approximate surface area is 356 Å². The average molecular weight is 799 g/mol. The maximum Gasteiger partial charge on any atom is 0.309 e. The Kier molecular flexibility index (Phi) is 44.2. The largest absolute Gasteiger partial charge is 0.461 e. The van der Waals surface area contributed by atoms with Crippen LogP contribution in [0.4, 0.5) is 0 Å². The van der Waals surface area contributed by atoms with Crippen LogP contribution < -0.4 is 0 Å². The predicted octanol–water partition coefficient (Wildman–Crippen LogP) is 15.2. The van der Waals surface area contributed by atoms with Crippen LogP contribution in [0.3, 0.4) is 0 Å². The molecule has 58 heavy (non-hydrogen) atoms. The number of hydrogen-bond donors (Lipinski definition) is 0. The topological polar surface area (TPSA) is 61.8 Å². The molecule has 0 bridgehead atoms. The molecule has 5 heteroatoms. The first kappa shape index (κ1) is 54.0. The lowest BCUT2D eigenvalue weighted by Gasteiger charge is -2.18. The second-order valence-electron chi connectivity index (χ2n) is 14.2. The van der Waals surface area contributed by atoms with Gasteiger partial charge in [-0.2, -0.15) is 0 Å². The number of ether oxygens (including phenoxy) is 3. The zero-order chi connectivity index (χ0) is 42.1. The van der Waals surface area contributed by atoms with Crippen LogP contribution in [-0.2, 0) is 23.8 Å². The predicted molar refractivity (Wildman–Crippen MR) is 251 cm³/mol. The summed E-state index contributed by atoms with van der Waals surface area (Å²) >= 11 is 0. The van der Waals surface area contributed by atoms with Crippen LogP contribution in [0.2, 0.25) is 0 Å². The van der Waals surface area contributed by atoms with Crippen LogP contribution in [0.1, 0.15) is 162 Å². The van der Waals surface area contributed by atoms with Crippen molar-refractivity contribution in [1.82, 2.24) is 0 Å². The standard InChI is InChI=1S/C53H82O5/c1-4-7-10-13-16-19-22-25-27-29-31-34-37-40-43-46-52(54)57-50-51(49-56-48-45-42-39-36-33-30-26-23-20-17-14-11-8-5-2)58-53(55)47-44-41-38-35-32-28-24-21-18-15-12-9-6-3/h7-12,16-21,25-28,30-32,34,40,43,51H,4-6,13-15,22-24,29,33,35-39,41-42,44-50H2,1-3H3/b10-7-,11-8-,12-9-,19-16-,20-17-,21-18-,27-25-,30-26-,32-28-,34-31-,43-40-. The SMILES string of the molecule is CC/C=C\C/C=C\C/C=C\C/C=C\C/C=C\CC(=O)OCC(COCCCCCC/C=C\C/C=C\C/C=C\CC)OC(=O)CCCCC/C=C\C/C=C\C/C=C\CC. The van der Waals surface area contributed by atoms with Crippen molar-refractivity contribution in [2.45, 2.75) is 168 Å². The second kappa shape index (κ2) is 47.4. The molecule has 0 fully saturated rings. The third-order valence-corrected chi connectivity index (χ3v) is 8.70. The highest BCUT2D eigenvalue weighted by molar-refractivity contribution is 5.71. The molecular formula is C53H82O5. The highest BCUT2D eigenvalue weighted by Crippen LogP contribution is 2.09. The van der Waals surface area contributed by atoms with Crippen molar-refractivity contribution in [3.05, 3.63) is 134 Å². The summed E-state index contributed by atoms with van der Waals surface area (Å²) in [6.07, 6.45) is 67.7. The zero-order valence-electron chi connectivity index (χ0n) is 37.0. The summed E-state index contributed by atoms with van der Waals surface area (Å²) < 4.78 is 17.2. The normalized spacial score (nSPS) is 13.5. The molecule has 0 aliphatic rings. The molecule has 0 N–H and O–H groups in total. The van der Waals surface area contributed by atoms with Crippen molar-refractivity contribution in [2.75, 3.05) is 19.8 Å². The van der Waals surface area contributed by atoms with Gasteiger partial charge in [0.05, 0.1) is 13.0 Å². The van der Waals surface area contributed by atoms with Crippen molar-refractivity contribution >= 4 is 11.9 Å². The Morgan fingerprint density at radius 2 is 0.776 bits per heavy atom. The quantitative estimate of drug-likeness (QED) is 0.0352. The van der Waals surface area contributed by atoms with Gasteiger partial charge in [-0.05, 0) is 109 Å². The molecule has 0 amide bonds. The monoisotopic (exact) mass is 799 g/mol. The van der Waals surface area contributed by atoms with Gasteiger partial charge < -0.3 is 14.2 Å². The fourth-order valence-corrected chi connectivity index (χ4v) is 5.43. The Morgan fingerprint density at radius 3 is 1.22 bits per heavy atom. The van der Waals surface area contributed by atoms with Gasteiger partial charge in [-0.3, -0.25) is 9.59 Å². The van der Waals surface area contributed by atoms with Gasteiger partial charge in [0.2, 0.25) is 0 Å². The van der Waals surface area contributed by atoms with E-state index in [1.807, 2.05) is 12.2 Å². The summed E-state index contributed by atoms with van der Waals surface area (Å²) in [7, 11) is 0. The van der Waals surface area contributed by atoms with Crippen molar-refractivity contribution in [3.63, 3.8) is 0 Å². The van der Waals surface area contributed by atoms with E-state index in [9.17, 15) is 9.59 Å². The Bertz CT molecular complexity index is 1270. The van der Waals surface area contributed by atoms with Crippen molar-refractivity contribution < 1.29 is 23.8 Å². The summed E-state index contributed by atoms with van der Waals surface area (Å²) in [6, 6.07) is 0. The molecule has 0 heterocycles. The number of unbranched alkanes of at least 4 members (excludes halogenated alkanes) is 7. The summed E-state index contributed by atoms with van der Waals surface area (Å²) in [5.74, 6) is -0.606. The second-order valence-corrected chi connectivity index (χ2v) is 14.2. The van der Waals surface area contributed by atoms with E-state index < -0.39 is 6.10 Å². The van der Waals surface area contributed by atoms with Crippen molar-refractivity contribution in [1.29, 1.82) is 0 Å². The zero-order valence-corrected chi connectivity index (χ0v) is 37.0. The van der Waals surface area contributed by atoms with E-state index in [0.29, 0.717) is 13.0 Å². The van der Waals surface area contributed by atoms with E-state index in [4.69, 9.17) is 14.2 Å². The van der Waals surface area contributed by atoms with Gasteiger partial charge in [0.25, 0.3) is 0 Å². The number of allylic oxidation sites excluding steroid dienone is 21. The number of carbonyl (C=O) groups is 2. The van der Waals surface area contributed by atoms with Crippen LogP contribution in [0.25, 0.3) is 0 Å². The Balaban J connectivity index is 4.52. The van der Waals surface area contributed by atoms with Crippen LogP contribution in [0, 0.1) is 0 Å². The smallest absolute Gasteiger partial charge is 0.309 e. The maximum atomic E-state index is 12.7. The van der Waals surface area contributed by atoms with Gasteiger partial charge in [-0.1, -0.05) is 174 Å². The van der Waals surface area contributed by atoms with E-state index in [1.165, 1.54) is 6.42 Å². The highest BCUT2D eigenvalue weighted by Gasteiger charge is 2.17. The molecule has 0 aromatic heterocycles. The Morgan fingerprint density at radius 1 is 0.397 bits per heavy atom. The minimum atomic E-state index is -0.611. The van der Waals surface area contributed by atoms with Gasteiger partial charge in [0, 0.05) is 13.0 Å². The van der Waals surface area contributed by atoms with E-state index in [0.717, 1.165) is 122 Å². The van der Waals surface area contributed by atoms with E-state index in [1.54, 1.807) is 0 Å². The van der Waals surface area contributed by atoms with Gasteiger partial charge in [0.15, 0.2) is 6.10 Å². The summed E-state index contributed by atoms with van der Waals surface area (Å²) in [5, 5.41) is 0. The molecule has 0 spiro atoms. The van der Waals surface area contributed by atoms with Crippen LogP contribution >= 0.6 is 0 Å². The average Bonchev–Trinajstić information content (AvgIpc) is 3.22. The molecule has 0 aromatic rings. The Hall–Kier alpha value is -3.96. The first-order chi connectivity index (χ1) is 28.6. The lowest BCUT2D eigenvalue weighted by molar-refractivity contribution is -0.162. The first-order valence-electron chi connectivity index (χ1n) is 22.7. The van der Waals surface area contributed by atoms with Gasteiger partial charge in [-0.25, -0.2) is 0 Å². The van der Waals surface area contributed by atoms with Crippen LogP contribution in [0.15, 0.2) is 134 Å². The summed E-state index contributed by atoms with van der Waals surface area (Å²) in [4.78, 5) is 25.2. The van der Waals surface area contributed by atoms with E-state index in [-0.39, 0.29) is 31.6 Å². The third kappa shape index (κ3) is 44.8. The molecule has 0 saturated heterocycles. The van der Waals surface area contributed by atoms with Crippen molar-refractivity contribution in [3.8, 4) is 0 Å². The van der Waals surface area contributed by atoms with E-state index in [2.05, 4.69) is 142 Å². The molecule has 5 nitrogen and oxygen atoms in total. The molecule has 0 rings (SSSR count). The molecule has 324 valence electrons. The first-order valence-corrected chi connectivity index (χ1v) is 22.7. The van der Waals surface area contributed by atoms with Gasteiger partial charge in [-0.15, -0.1) is 0 Å². The van der Waals surface area contributed by atoms with Crippen LogP contribution in [-0.4, -0.2) is 37.9 Å². The maximum absolute atomic E-state index is 12.7. The highest BCUT2D eigenvalue weighted by atomic mass is 16.6. The number of hydrogen-bond acceptors (Lipinski definition) is 5. The fraction of sp³-hybridized carbons (Fsp3) is 0.547. The minimum absolute atomic E-state index is 0.000373. The summed E-state index contributed by atoms with van der Waals surface area (Å²) in [5.41, 5.74) is 0. The summed E-state index contributed by atoms with van der Waals surface area (Å²) in [6.45, 7) is 7.26. The molecule has 1 atom stereocenters. The number of rotatable bonds is 39. The number of esters is 2. The number of carbonyl (C=O) groups excluding carboxylic acids is 2. The molecule has 0 aliphatic carbocycles. The molecule has 0 saturated carbocycles. The third-order valence-electron chi connectivity index (χ3n) is 8.70. The fourth-order valence-electron chi connectivity index (χ4n) is 5.43. The van der Waals surface area contributed by atoms with E-state index >= 15 is 0 Å². The van der Waals surface area contributed by atoms with Crippen molar-refractivity contribution in [2.24, 2.45) is 0 Å².